The summed E-state index contributed by atoms with van der Waals surface area (Å²) in [5.41, 5.74) is 1.42. The first kappa shape index (κ1) is 17.3. The second kappa shape index (κ2) is 7.90. The van der Waals surface area contributed by atoms with Crippen LogP contribution in [0.1, 0.15) is 30.8 Å². The predicted molar refractivity (Wildman–Crippen MR) is 76.2 cm³/mol. The first-order valence-electron chi connectivity index (χ1n) is 6.19. The molecule has 0 aromatic heterocycles. The molecule has 0 spiro atoms. The molecule has 1 aromatic rings. The molecule has 0 saturated carbocycles. The Balaban J connectivity index is 3.21. The maximum Gasteiger partial charge on any atom is 0.365 e. The summed E-state index contributed by atoms with van der Waals surface area (Å²) in [6.45, 7) is 5.43. The lowest BCUT2D eigenvalue weighted by molar-refractivity contribution is 0.167. The smallest absolute Gasteiger partial charge is 0.307 e. The molecule has 0 aliphatic heterocycles. The van der Waals surface area contributed by atoms with E-state index in [1.807, 2.05) is 6.92 Å². The van der Waals surface area contributed by atoms with Gasteiger partial charge < -0.3 is 9.05 Å². The molecule has 0 amide bonds. The Morgan fingerprint density at radius 2 is 1.60 bits per heavy atom. The summed E-state index contributed by atoms with van der Waals surface area (Å²) in [4.78, 5) is 0. The molecule has 0 N–H and O–H groups in total. The minimum Gasteiger partial charge on any atom is -0.307 e. The van der Waals surface area contributed by atoms with E-state index < -0.39 is 24.4 Å². The van der Waals surface area contributed by atoms with Gasteiger partial charge in [-0.2, -0.15) is 0 Å². The van der Waals surface area contributed by atoms with Crippen LogP contribution in [0, 0.1) is 6.92 Å². The zero-order valence-corrected chi connectivity index (χ0v) is 13.4. The lowest BCUT2D eigenvalue weighted by atomic mass is 10.2. The average Bonchev–Trinajstić information content (AvgIpc) is 2.37. The van der Waals surface area contributed by atoms with Crippen molar-refractivity contribution < 1.29 is 26.2 Å². The Kier molecular flexibility index (Phi) is 6.85. The summed E-state index contributed by atoms with van der Waals surface area (Å²) in [5.74, 6) is -1.29. The predicted octanol–water partition coefficient (Wildman–Crippen LogP) is 2.80. The van der Waals surface area contributed by atoms with Gasteiger partial charge in [0.15, 0.2) is 0 Å². The van der Waals surface area contributed by atoms with Crippen LogP contribution < -0.4 is 0 Å². The van der Waals surface area contributed by atoms with Crippen molar-refractivity contribution >= 4 is 18.6 Å². The van der Waals surface area contributed by atoms with Crippen molar-refractivity contribution in [2.24, 2.45) is 0 Å². The van der Waals surface area contributed by atoms with Gasteiger partial charge >= 0.3 is 7.60 Å². The summed E-state index contributed by atoms with van der Waals surface area (Å²) in [7, 11) is -6.92. The van der Waals surface area contributed by atoms with Crippen LogP contribution in [0.15, 0.2) is 24.3 Å². The van der Waals surface area contributed by atoms with Crippen LogP contribution in [-0.4, -0.2) is 21.6 Å². The second-order valence-electron chi connectivity index (χ2n) is 3.97. The quantitative estimate of drug-likeness (QED) is 0.586. The number of thiol groups is 1. The molecule has 0 heterocycles. The zero-order chi connectivity index (χ0) is 15.2. The molecule has 0 bridgehead atoms. The van der Waals surface area contributed by atoms with E-state index in [-0.39, 0.29) is 13.2 Å². The maximum atomic E-state index is 12.7. The Morgan fingerprint density at radius 3 is 2.00 bits per heavy atom. The van der Waals surface area contributed by atoms with Crippen LogP contribution in [0.25, 0.3) is 0 Å². The van der Waals surface area contributed by atoms with Gasteiger partial charge in [0, 0.05) is 0 Å². The number of hydrogen-bond donors (Lipinski definition) is 1. The van der Waals surface area contributed by atoms with E-state index in [1.54, 1.807) is 38.1 Å². The Hall–Kier alpha value is -0.720. The molecule has 1 rings (SSSR count). The van der Waals surface area contributed by atoms with E-state index in [9.17, 15) is 13.0 Å². The highest BCUT2D eigenvalue weighted by molar-refractivity contribution is 7.67. The molecule has 0 fully saturated rings. The third-order valence-corrected chi connectivity index (χ3v) is 5.22. The molecule has 1 aromatic carbocycles. The molecular weight excluding hydrogens is 303 g/mol. The van der Waals surface area contributed by atoms with Gasteiger partial charge in [0.2, 0.25) is 5.85 Å². The van der Waals surface area contributed by atoms with Crippen molar-refractivity contribution in [2.75, 3.05) is 13.2 Å². The largest absolute Gasteiger partial charge is 0.365 e. The minimum absolute atomic E-state index is 0.124. The Morgan fingerprint density at radius 1 is 1.10 bits per heavy atom. The molecule has 0 saturated heterocycles. The normalized spacial score (nSPS) is 13.6. The molecule has 0 radical (unpaired) electrons. The van der Waals surface area contributed by atoms with Crippen molar-refractivity contribution in [3.05, 3.63) is 35.4 Å². The minimum atomic E-state index is -3.73. The third kappa shape index (κ3) is 4.68. The molecule has 20 heavy (non-hydrogen) atoms. The third-order valence-electron chi connectivity index (χ3n) is 2.45. The zero-order valence-electron chi connectivity index (χ0n) is 11.6. The van der Waals surface area contributed by atoms with Crippen molar-refractivity contribution in [3.63, 3.8) is 0 Å². The lowest BCUT2D eigenvalue weighted by Gasteiger charge is -2.24. The average molecular weight is 322 g/mol. The Bertz CT molecular complexity index is 521. The first-order valence-corrected chi connectivity index (χ1v) is 8.90. The number of aryl methyl sites for hydroxylation is 1. The molecule has 114 valence electrons. The molecular formula is C12H19O6PS. The highest BCUT2D eigenvalue weighted by Crippen LogP contribution is 2.61. The van der Waals surface area contributed by atoms with Crippen LogP contribution in [0.4, 0.5) is 0 Å². The summed E-state index contributed by atoms with van der Waals surface area (Å²) in [6.07, 6.45) is 0. The van der Waals surface area contributed by atoms with E-state index in [4.69, 9.17) is 13.2 Å². The second-order valence-corrected chi connectivity index (χ2v) is 6.69. The van der Waals surface area contributed by atoms with E-state index in [2.05, 4.69) is 0 Å². The number of benzene rings is 1. The molecule has 8 heteroatoms. The van der Waals surface area contributed by atoms with Gasteiger partial charge in [-0.15, -0.1) is 0 Å². The van der Waals surface area contributed by atoms with Gasteiger partial charge in [-0.3, -0.25) is 8.75 Å². The fourth-order valence-electron chi connectivity index (χ4n) is 1.65. The van der Waals surface area contributed by atoms with Gasteiger partial charge in [-0.25, -0.2) is 8.42 Å². The molecule has 6 nitrogen and oxygen atoms in total. The molecule has 0 aliphatic rings. The van der Waals surface area contributed by atoms with Crippen LogP contribution in [0.2, 0.25) is 0 Å². The fourth-order valence-corrected chi connectivity index (χ4v) is 4.23. The van der Waals surface area contributed by atoms with Crippen molar-refractivity contribution in [1.29, 1.82) is 0 Å². The molecule has 1 atom stereocenters. The number of hydrogen-bond acceptors (Lipinski definition) is 6. The lowest BCUT2D eigenvalue weighted by Crippen LogP contribution is -2.10. The highest BCUT2D eigenvalue weighted by Gasteiger charge is 2.39. The Labute approximate surface area is 120 Å². The van der Waals surface area contributed by atoms with Gasteiger partial charge in [-0.1, -0.05) is 29.8 Å². The highest BCUT2D eigenvalue weighted by atomic mass is 32.2. The summed E-state index contributed by atoms with van der Waals surface area (Å²) < 4.78 is 49.6. The number of rotatable bonds is 8. The van der Waals surface area contributed by atoms with Gasteiger partial charge in [0.25, 0.3) is 11.0 Å². The van der Waals surface area contributed by atoms with E-state index >= 15 is 0 Å². The SMILES string of the molecule is CCOP(=O)(OCC)C(O[SH](=O)=O)c1ccc(C)cc1. The monoisotopic (exact) mass is 322 g/mol. The molecule has 1 unspecified atom stereocenters. The van der Waals surface area contributed by atoms with Gasteiger partial charge in [0.1, 0.15) is 0 Å². The van der Waals surface area contributed by atoms with Crippen molar-refractivity contribution in [2.45, 2.75) is 26.6 Å². The summed E-state index contributed by atoms with van der Waals surface area (Å²) in [5, 5.41) is 0. The van der Waals surface area contributed by atoms with Crippen molar-refractivity contribution in [3.8, 4) is 0 Å². The van der Waals surface area contributed by atoms with E-state index in [0.29, 0.717) is 5.56 Å². The van der Waals surface area contributed by atoms with E-state index in [0.717, 1.165) is 5.56 Å². The van der Waals surface area contributed by atoms with Gasteiger partial charge in [0.05, 0.1) is 13.2 Å². The van der Waals surface area contributed by atoms with E-state index in [1.165, 1.54) is 0 Å². The first-order chi connectivity index (χ1) is 9.42. The van der Waals surface area contributed by atoms with Crippen LogP contribution in [-0.2, 0) is 28.8 Å². The van der Waals surface area contributed by atoms with Crippen molar-refractivity contribution in [1.82, 2.24) is 0 Å². The maximum absolute atomic E-state index is 12.7. The summed E-state index contributed by atoms with van der Waals surface area (Å²) >= 11 is 0. The van der Waals surface area contributed by atoms with Gasteiger partial charge in [-0.05, 0) is 26.3 Å². The topological polar surface area (TPSA) is 78.9 Å². The summed E-state index contributed by atoms with van der Waals surface area (Å²) in [6, 6.07) is 6.82. The molecule has 0 aliphatic carbocycles. The fraction of sp³-hybridized carbons (Fsp3) is 0.500. The van der Waals surface area contributed by atoms with Crippen LogP contribution >= 0.6 is 7.60 Å². The van der Waals surface area contributed by atoms with Crippen LogP contribution in [0.3, 0.4) is 0 Å². The standard InChI is InChI=1S/C12H19O6PS/c1-4-16-19(13,17-5-2)12(18-20(14)15)11-8-6-10(3)7-9-11/h6-9,12,20H,4-5H2,1-3H3. The van der Waals surface area contributed by atoms with Crippen LogP contribution in [0.5, 0.6) is 0 Å².